The van der Waals surface area contributed by atoms with E-state index in [2.05, 4.69) is 10.3 Å². The second kappa shape index (κ2) is 3.76. The number of nitrogens with one attached hydrogen (secondary N) is 2. The molecule has 4 heteroatoms. The number of aromatic nitrogens is 1. The highest BCUT2D eigenvalue weighted by molar-refractivity contribution is 6.29. The number of hydrogen-bond donors (Lipinski definition) is 3. The minimum absolute atomic E-state index is 0.483. The minimum atomic E-state index is -0.483. The van der Waals surface area contributed by atoms with Crippen molar-refractivity contribution < 1.29 is 5.11 Å². The van der Waals surface area contributed by atoms with E-state index in [-0.39, 0.29) is 0 Å². The van der Waals surface area contributed by atoms with Crippen molar-refractivity contribution in [2.75, 3.05) is 13.6 Å². The van der Waals surface area contributed by atoms with Gasteiger partial charge in [0.1, 0.15) is 5.15 Å². The number of aromatic amines is 1. The lowest BCUT2D eigenvalue weighted by Crippen LogP contribution is -2.16. The summed E-state index contributed by atoms with van der Waals surface area (Å²) in [5.41, 5.74) is 0.810. The van der Waals surface area contributed by atoms with Gasteiger partial charge in [0, 0.05) is 18.3 Å². The first-order valence-electron chi connectivity index (χ1n) is 3.40. The number of rotatable bonds is 3. The molecule has 1 aromatic rings. The molecular weight excluding hydrogens is 164 g/mol. The largest absolute Gasteiger partial charge is 0.387 e. The third-order valence-electron chi connectivity index (χ3n) is 1.45. The zero-order valence-corrected chi connectivity index (χ0v) is 7.02. The molecule has 1 atom stereocenters. The van der Waals surface area contributed by atoms with Crippen molar-refractivity contribution in [1.82, 2.24) is 10.3 Å². The summed E-state index contributed by atoms with van der Waals surface area (Å²) in [7, 11) is 1.79. The van der Waals surface area contributed by atoms with Gasteiger partial charge < -0.3 is 15.4 Å². The van der Waals surface area contributed by atoms with Crippen LogP contribution in [0.25, 0.3) is 0 Å². The highest BCUT2D eigenvalue weighted by Gasteiger charge is 2.06. The SMILES string of the molecule is CNCC(O)c1c[nH]c(Cl)c1. The first kappa shape index (κ1) is 8.59. The Kier molecular flexibility index (Phi) is 2.93. The molecule has 11 heavy (non-hydrogen) atoms. The predicted octanol–water partition coefficient (Wildman–Crippen LogP) is 0.921. The maximum absolute atomic E-state index is 9.39. The molecule has 0 amide bonds. The van der Waals surface area contributed by atoms with E-state index in [0.717, 1.165) is 5.56 Å². The normalized spacial score (nSPS) is 13.4. The topological polar surface area (TPSA) is 48.0 Å². The molecule has 0 aliphatic heterocycles. The molecular formula is C7H11ClN2O. The summed E-state index contributed by atoms with van der Waals surface area (Å²) in [5.74, 6) is 0. The predicted molar refractivity (Wildman–Crippen MR) is 44.7 cm³/mol. The van der Waals surface area contributed by atoms with Crippen LogP contribution in [0.4, 0.5) is 0 Å². The van der Waals surface area contributed by atoms with Gasteiger partial charge in [0.05, 0.1) is 6.10 Å². The van der Waals surface area contributed by atoms with Gasteiger partial charge in [-0.15, -0.1) is 0 Å². The Bertz CT molecular complexity index is 224. The Hall–Kier alpha value is -0.510. The molecule has 62 valence electrons. The van der Waals surface area contributed by atoms with E-state index in [0.29, 0.717) is 11.7 Å². The van der Waals surface area contributed by atoms with E-state index in [1.54, 1.807) is 19.3 Å². The van der Waals surface area contributed by atoms with Crippen LogP contribution in [0.3, 0.4) is 0 Å². The van der Waals surface area contributed by atoms with E-state index < -0.39 is 6.10 Å². The molecule has 0 bridgehead atoms. The van der Waals surface area contributed by atoms with Crippen LogP contribution < -0.4 is 5.32 Å². The van der Waals surface area contributed by atoms with Crippen LogP contribution in [0.2, 0.25) is 5.15 Å². The van der Waals surface area contributed by atoms with E-state index in [4.69, 9.17) is 11.6 Å². The molecule has 0 radical (unpaired) electrons. The lowest BCUT2D eigenvalue weighted by atomic mass is 10.2. The number of halogens is 1. The average Bonchev–Trinajstić information content (AvgIpc) is 2.36. The van der Waals surface area contributed by atoms with Crippen molar-refractivity contribution in [1.29, 1.82) is 0 Å². The van der Waals surface area contributed by atoms with Crippen molar-refractivity contribution in [3.05, 3.63) is 23.0 Å². The third kappa shape index (κ3) is 2.22. The Morgan fingerprint density at radius 2 is 2.55 bits per heavy atom. The second-order valence-electron chi connectivity index (χ2n) is 2.35. The van der Waals surface area contributed by atoms with Crippen molar-refractivity contribution >= 4 is 11.6 Å². The maximum atomic E-state index is 9.39. The quantitative estimate of drug-likeness (QED) is 0.639. The van der Waals surface area contributed by atoms with Gasteiger partial charge in [0.25, 0.3) is 0 Å². The van der Waals surface area contributed by atoms with Crippen molar-refractivity contribution in [2.45, 2.75) is 6.10 Å². The summed E-state index contributed by atoms with van der Waals surface area (Å²) in [5, 5.41) is 12.8. The molecule has 1 heterocycles. The smallest absolute Gasteiger partial charge is 0.106 e. The van der Waals surface area contributed by atoms with Gasteiger partial charge in [-0.1, -0.05) is 11.6 Å². The highest BCUT2D eigenvalue weighted by Crippen LogP contribution is 2.15. The van der Waals surface area contributed by atoms with Crippen LogP contribution in [-0.2, 0) is 0 Å². The summed E-state index contributed by atoms with van der Waals surface area (Å²) in [6.07, 6.45) is 1.22. The van der Waals surface area contributed by atoms with Gasteiger partial charge in [0.15, 0.2) is 0 Å². The lowest BCUT2D eigenvalue weighted by Gasteiger charge is -2.05. The summed E-state index contributed by atoms with van der Waals surface area (Å²) in [6, 6.07) is 1.71. The number of likely N-dealkylation sites (N-methyl/N-ethyl adjacent to an activating group) is 1. The standard InChI is InChI=1S/C7H11ClN2O/c1-9-4-6(11)5-2-7(8)10-3-5/h2-3,6,9-11H,4H2,1H3. The van der Waals surface area contributed by atoms with Crippen LogP contribution in [0.1, 0.15) is 11.7 Å². The van der Waals surface area contributed by atoms with Gasteiger partial charge in [-0.3, -0.25) is 0 Å². The van der Waals surface area contributed by atoms with E-state index in [1.807, 2.05) is 0 Å². The summed E-state index contributed by atoms with van der Waals surface area (Å²) in [4.78, 5) is 2.79. The molecule has 3 N–H and O–H groups in total. The Balaban J connectivity index is 2.60. The Morgan fingerprint density at radius 1 is 1.82 bits per heavy atom. The second-order valence-corrected chi connectivity index (χ2v) is 2.76. The number of hydrogen-bond acceptors (Lipinski definition) is 2. The third-order valence-corrected chi connectivity index (χ3v) is 1.67. The fourth-order valence-electron chi connectivity index (χ4n) is 0.886. The molecule has 1 unspecified atom stereocenters. The Morgan fingerprint density at radius 3 is 3.00 bits per heavy atom. The first-order valence-corrected chi connectivity index (χ1v) is 3.78. The van der Waals surface area contributed by atoms with Crippen LogP contribution in [0, 0.1) is 0 Å². The average molecular weight is 175 g/mol. The zero-order chi connectivity index (χ0) is 8.27. The fraction of sp³-hybridized carbons (Fsp3) is 0.429. The van der Waals surface area contributed by atoms with Crippen molar-refractivity contribution in [3.63, 3.8) is 0 Å². The van der Waals surface area contributed by atoms with Crippen molar-refractivity contribution in [2.24, 2.45) is 0 Å². The summed E-state index contributed by atoms with van der Waals surface area (Å²) in [6.45, 7) is 0.536. The fourth-order valence-corrected chi connectivity index (χ4v) is 1.07. The zero-order valence-electron chi connectivity index (χ0n) is 6.26. The highest BCUT2D eigenvalue weighted by atomic mass is 35.5. The van der Waals surface area contributed by atoms with Gasteiger partial charge in [0.2, 0.25) is 0 Å². The van der Waals surface area contributed by atoms with Gasteiger partial charge in [-0.2, -0.15) is 0 Å². The van der Waals surface area contributed by atoms with Crippen LogP contribution >= 0.6 is 11.6 Å². The minimum Gasteiger partial charge on any atom is -0.387 e. The maximum Gasteiger partial charge on any atom is 0.106 e. The molecule has 0 saturated carbocycles. The first-order chi connectivity index (χ1) is 5.24. The molecule has 0 aromatic carbocycles. The molecule has 1 rings (SSSR count). The Labute approximate surface area is 70.4 Å². The monoisotopic (exact) mass is 174 g/mol. The molecule has 0 spiro atoms. The lowest BCUT2D eigenvalue weighted by molar-refractivity contribution is 0.178. The van der Waals surface area contributed by atoms with Gasteiger partial charge in [-0.05, 0) is 13.1 Å². The molecule has 0 saturated heterocycles. The van der Waals surface area contributed by atoms with Crippen molar-refractivity contribution in [3.8, 4) is 0 Å². The number of H-pyrrole nitrogens is 1. The van der Waals surface area contributed by atoms with Crippen LogP contribution in [0.15, 0.2) is 12.3 Å². The number of aliphatic hydroxyl groups is 1. The summed E-state index contributed by atoms with van der Waals surface area (Å²) < 4.78 is 0. The van der Waals surface area contributed by atoms with Crippen LogP contribution in [0.5, 0.6) is 0 Å². The van der Waals surface area contributed by atoms with E-state index in [9.17, 15) is 5.11 Å². The van der Waals surface area contributed by atoms with E-state index >= 15 is 0 Å². The molecule has 0 aliphatic carbocycles. The number of aliphatic hydroxyl groups excluding tert-OH is 1. The molecule has 1 aromatic heterocycles. The van der Waals surface area contributed by atoms with E-state index in [1.165, 1.54) is 0 Å². The summed E-state index contributed by atoms with van der Waals surface area (Å²) >= 11 is 5.62. The molecule has 0 aliphatic rings. The van der Waals surface area contributed by atoms with Gasteiger partial charge in [-0.25, -0.2) is 0 Å². The van der Waals surface area contributed by atoms with Crippen LogP contribution in [-0.4, -0.2) is 23.7 Å². The van der Waals surface area contributed by atoms with Gasteiger partial charge >= 0.3 is 0 Å². The molecule has 0 fully saturated rings. The molecule has 3 nitrogen and oxygen atoms in total.